The van der Waals surface area contributed by atoms with Gasteiger partial charge in [-0.05, 0) is 55.4 Å². The standard InChI is InChI=1S/C21H25N5O4S/c1-24-19-17(20(27)25(2)21(24)28)22-18(23-19)14-8-10-26(11-9-14)31(29,30)16-7-6-13-4-3-5-15(13)12-16/h6-7,12,14H,3-5,8-11H2,1-2H3,(H,22,23). The number of nitrogens with one attached hydrogen (secondary N) is 1. The van der Waals surface area contributed by atoms with Gasteiger partial charge >= 0.3 is 5.69 Å². The summed E-state index contributed by atoms with van der Waals surface area (Å²) >= 11 is 0. The van der Waals surface area contributed by atoms with Crippen LogP contribution in [0.4, 0.5) is 0 Å². The monoisotopic (exact) mass is 443 g/mol. The Labute approximate surface area is 179 Å². The number of rotatable bonds is 3. The molecule has 1 N–H and O–H groups in total. The number of imidazole rings is 1. The van der Waals surface area contributed by atoms with Gasteiger partial charge in [-0.25, -0.2) is 18.2 Å². The van der Waals surface area contributed by atoms with Gasteiger partial charge in [-0.3, -0.25) is 13.9 Å². The second kappa shape index (κ2) is 7.16. The average molecular weight is 444 g/mol. The van der Waals surface area contributed by atoms with Crippen molar-refractivity contribution in [3.05, 3.63) is 56.0 Å². The second-order valence-electron chi connectivity index (χ2n) is 8.49. The molecule has 0 atom stereocenters. The Morgan fingerprint density at radius 2 is 1.74 bits per heavy atom. The van der Waals surface area contributed by atoms with Crippen molar-refractivity contribution in [3.8, 4) is 0 Å². The van der Waals surface area contributed by atoms with E-state index >= 15 is 0 Å². The lowest BCUT2D eigenvalue weighted by atomic mass is 9.97. The van der Waals surface area contributed by atoms with Crippen LogP contribution < -0.4 is 11.2 Å². The molecule has 1 aromatic carbocycles. The molecule has 1 aliphatic heterocycles. The Morgan fingerprint density at radius 1 is 1.03 bits per heavy atom. The fourth-order valence-corrected chi connectivity index (χ4v) is 6.29. The zero-order valence-corrected chi connectivity index (χ0v) is 18.4. The number of hydrogen-bond acceptors (Lipinski definition) is 5. The molecule has 3 aromatic rings. The van der Waals surface area contributed by atoms with Gasteiger partial charge in [0.1, 0.15) is 11.3 Å². The lowest BCUT2D eigenvalue weighted by Gasteiger charge is -2.30. The summed E-state index contributed by atoms with van der Waals surface area (Å²) < 4.78 is 30.3. The fourth-order valence-electron chi connectivity index (χ4n) is 4.76. The molecule has 0 saturated carbocycles. The van der Waals surface area contributed by atoms with Gasteiger partial charge in [0.15, 0.2) is 5.65 Å². The first-order chi connectivity index (χ1) is 14.8. The lowest BCUT2D eigenvalue weighted by Crippen LogP contribution is -2.38. The predicted molar refractivity (Wildman–Crippen MR) is 116 cm³/mol. The molecule has 2 aliphatic rings. The van der Waals surface area contributed by atoms with Crippen LogP contribution in [0, 0.1) is 0 Å². The topological polar surface area (TPSA) is 110 Å². The van der Waals surface area contributed by atoms with Crippen LogP contribution in [0.15, 0.2) is 32.7 Å². The number of fused-ring (bicyclic) bond motifs is 2. The van der Waals surface area contributed by atoms with Gasteiger partial charge in [0.25, 0.3) is 5.56 Å². The molecule has 1 aliphatic carbocycles. The Kier molecular flexibility index (Phi) is 4.67. The highest BCUT2D eigenvalue weighted by Gasteiger charge is 2.32. The van der Waals surface area contributed by atoms with Crippen molar-refractivity contribution in [2.75, 3.05) is 13.1 Å². The number of nitrogens with zero attached hydrogens (tertiary/aromatic N) is 4. The van der Waals surface area contributed by atoms with Crippen LogP contribution in [-0.2, 0) is 37.0 Å². The third-order valence-electron chi connectivity index (χ3n) is 6.66. The largest absolute Gasteiger partial charge is 0.336 e. The van der Waals surface area contributed by atoms with Crippen molar-refractivity contribution in [2.24, 2.45) is 14.1 Å². The summed E-state index contributed by atoms with van der Waals surface area (Å²) in [6.45, 7) is 0.774. The minimum atomic E-state index is -3.53. The van der Waals surface area contributed by atoms with E-state index in [4.69, 9.17) is 0 Å². The molecule has 1 saturated heterocycles. The number of piperidine rings is 1. The molecule has 10 heteroatoms. The second-order valence-corrected chi connectivity index (χ2v) is 10.4. The first kappa shape index (κ1) is 20.2. The van der Waals surface area contributed by atoms with Crippen LogP contribution >= 0.6 is 0 Å². The zero-order chi connectivity index (χ0) is 21.9. The number of hydrogen-bond donors (Lipinski definition) is 1. The normalized spacial score (nSPS) is 18.0. The van der Waals surface area contributed by atoms with Gasteiger partial charge in [-0.2, -0.15) is 4.31 Å². The minimum Gasteiger partial charge on any atom is -0.336 e. The van der Waals surface area contributed by atoms with Gasteiger partial charge in [-0.1, -0.05) is 6.07 Å². The highest BCUT2D eigenvalue weighted by molar-refractivity contribution is 7.89. The molecule has 0 spiro atoms. The van der Waals surface area contributed by atoms with Crippen LogP contribution in [0.5, 0.6) is 0 Å². The van der Waals surface area contributed by atoms with E-state index in [9.17, 15) is 18.0 Å². The van der Waals surface area contributed by atoms with Crippen LogP contribution in [-0.4, -0.2) is 44.9 Å². The molecule has 9 nitrogen and oxygen atoms in total. The molecule has 5 rings (SSSR count). The van der Waals surface area contributed by atoms with Crippen molar-refractivity contribution < 1.29 is 8.42 Å². The highest BCUT2D eigenvalue weighted by Crippen LogP contribution is 2.31. The quantitative estimate of drug-likeness (QED) is 0.650. The molecule has 0 radical (unpaired) electrons. The Morgan fingerprint density at radius 3 is 2.48 bits per heavy atom. The number of aryl methyl sites for hydroxylation is 3. The predicted octanol–water partition coefficient (Wildman–Crippen LogP) is 1.02. The smallest absolute Gasteiger partial charge is 0.332 e. The van der Waals surface area contributed by atoms with Gasteiger partial charge < -0.3 is 4.98 Å². The number of sulfonamides is 1. The molecule has 2 aromatic heterocycles. The maximum absolute atomic E-state index is 13.2. The van der Waals surface area contributed by atoms with Gasteiger partial charge in [0.2, 0.25) is 10.0 Å². The van der Waals surface area contributed by atoms with Crippen LogP contribution in [0.3, 0.4) is 0 Å². The minimum absolute atomic E-state index is 0.00122. The third kappa shape index (κ3) is 3.16. The summed E-state index contributed by atoms with van der Waals surface area (Å²) in [6.07, 6.45) is 4.23. The highest BCUT2D eigenvalue weighted by atomic mass is 32.2. The van der Waals surface area contributed by atoms with E-state index in [2.05, 4.69) is 9.97 Å². The number of aromatic amines is 1. The van der Waals surface area contributed by atoms with Crippen molar-refractivity contribution in [3.63, 3.8) is 0 Å². The van der Waals surface area contributed by atoms with Gasteiger partial charge in [-0.15, -0.1) is 0 Å². The van der Waals surface area contributed by atoms with Gasteiger partial charge in [0.05, 0.1) is 4.90 Å². The summed E-state index contributed by atoms with van der Waals surface area (Å²) in [6, 6.07) is 5.50. The van der Waals surface area contributed by atoms with Gasteiger partial charge in [0, 0.05) is 33.1 Å². The summed E-state index contributed by atoms with van der Waals surface area (Å²) in [4.78, 5) is 32.5. The molecule has 0 bridgehead atoms. The van der Waals surface area contributed by atoms with E-state index in [-0.39, 0.29) is 5.92 Å². The van der Waals surface area contributed by atoms with Crippen molar-refractivity contribution >= 4 is 21.2 Å². The maximum Gasteiger partial charge on any atom is 0.332 e. The Bertz CT molecular complexity index is 1410. The van der Waals surface area contributed by atoms with Crippen LogP contribution in [0.25, 0.3) is 11.2 Å². The SMILES string of the molecule is Cn1c(=O)c2[nH]c(C3CCN(S(=O)(=O)c4ccc5c(c4)CCC5)CC3)nc2n(C)c1=O. The first-order valence-electron chi connectivity index (χ1n) is 10.5. The fraction of sp³-hybridized carbons (Fsp3) is 0.476. The third-order valence-corrected chi connectivity index (χ3v) is 8.56. The molecular weight excluding hydrogens is 418 g/mol. The van der Waals surface area contributed by atoms with E-state index in [1.165, 1.54) is 21.5 Å². The van der Waals surface area contributed by atoms with Crippen molar-refractivity contribution in [1.82, 2.24) is 23.4 Å². The number of aromatic nitrogens is 4. The summed E-state index contributed by atoms with van der Waals surface area (Å²) in [5.41, 5.74) is 2.19. The Hall–Kier alpha value is -2.72. The molecule has 0 amide bonds. The average Bonchev–Trinajstić information content (AvgIpc) is 3.43. The molecular formula is C21H25N5O4S. The molecule has 3 heterocycles. The maximum atomic E-state index is 13.2. The molecule has 1 fully saturated rings. The summed E-state index contributed by atoms with van der Waals surface area (Å²) in [5.74, 6) is 0.626. The number of H-pyrrole nitrogens is 1. The van der Waals surface area contributed by atoms with E-state index in [1.54, 1.807) is 13.1 Å². The van der Waals surface area contributed by atoms with Crippen LogP contribution in [0.2, 0.25) is 0 Å². The van der Waals surface area contributed by atoms with Crippen LogP contribution in [0.1, 0.15) is 42.1 Å². The van der Waals surface area contributed by atoms with E-state index in [0.29, 0.717) is 47.8 Å². The molecule has 164 valence electrons. The summed E-state index contributed by atoms with van der Waals surface area (Å²) in [5, 5.41) is 0. The first-order valence-corrected chi connectivity index (χ1v) is 12.0. The van der Waals surface area contributed by atoms with Crippen molar-refractivity contribution in [1.29, 1.82) is 0 Å². The van der Waals surface area contributed by atoms with E-state index in [1.807, 2.05) is 12.1 Å². The lowest BCUT2D eigenvalue weighted by molar-refractivity contribution is 0.314. The van der Waals surface area contributed by atoms with E-state index in [0.717, 1.165) is 29.4 Å². The molecule has 31 heavy (non-hydrogen) atoms. The van der Waals surface area contributed by atoms with Crippen molar-refractivity contribution in [2.45, 2.75) is 42.9 Å². The zero-order valence-electron chi connectivity index (χ0n) is 17.6. The molecule has 0 unspecified atom stereocenters. The summed E-state index contributed by atoms with van der Waals surface area (Å²) in [7, 11) is -0.513. The van der Waals surface area contributed by atoms with E-state index < -0.39 is 21.3 Å². The Balaban J connectivity index is 1.38. The number of benzene rings is 1.